The molecule has 18 heavy (non-hydrogen) atoms. The Morgan fingerprint density at radius 3 is 2.50 bits per heavy atom. The topological polar surface area (TPSA) is 59.6 Å². The lowest BCUT2D eigenvalue weighted by atomic mass is 10.3. The Labute approximate surface area is 113 Å². The summed E-state index contributed by atoms with van der Waals surface area (Å²) in [5.41, 5.74) is 5.70. The van der Waals surface area contributed by atoms with Crippen molar-refractivity contribution in [1.29, 1.82) is 0 Å². The van der Waals surface area contributed by atoms with Crippen molar-refractivity contribution in [2.75, 3.05) is 6.54 Å². The molecule has 0 aliphatic rings. The van der Waals surface area contributed by atoms with Gasteiger partial charge in [-0.2, -0.15) is 0 Å². The van der Waals surface area contributed by atoms with Gasteiger partial charge in [0.15, 0.2) is 5.96 Å². The van der Waals surface area contributed by atoms with Crippen LogP contribution in [-0.2, 0) is 0 Å². The Kier molecular flexibility index (Phi) is 5.78. The first-order chi connectivity index (χ1) is 8.47. The van der Waals surface area contributed by atoms with Crippen LogP contribution in [0.1, 0.15) is 20.8 Å². The Bertz CT molecular complexity index is 390. The summed E-state index contributed by atoms with van der Waals surface area (Å²) in [6, 6.07) is 7.53. The number of hydrogen-bond acceptors (Lipinski definition) is 2. The van der Waals surface area contributed by atoms with Crippen LogP contribution in [0.15, 0.2) is 29.3 Å². The van der Waals surface area contributed by atoms with Crippen LogP contribution in [0.5, 0.6) is 5.75 Å². The predicted molar refractivity (Wildman–Crippen MR) is 76.3 cm³/mol. The molecule has 1 atom stereocenters. The van der Waals surface area contributed by atoms with Gasteiger partial charge in [0.05, 0.1) is 6.54 Å². The molecule has 0 aromatic heterocycles. The highest BCUT2D eigenvalue weighted by atomic mass is 35.5. The van der Waals surface area contributed by atoms with Crippen molar-refractivity contribution in [2.24, 2.45) is 10.7 Å². The highest BCUT2D eigenvalue weighted by Gasteiger charge is 2.04. The number of nitrogens with zero attached hydrogens (tertiary/aromatic N) is 1. The van der Waals surface area contributed by atoms with Gasteiger partial charge in [-0.1, -0.05) is 11.6 Å². The van der Waals surface area contributed by atoms with E-state index in [2.05, 4.69) is 10.3 Å². The fourth-order valence-corrected chi connectivity index (χ4v) is 1.48. The number of rotatable bonds is 5. The summed E-state index contributed by atoms with van der Waals surface area (Å²) in [6.07, 6.45) is -0.0429. The smallest absolute Gasteiger partial charge is 0.188 e. The zero-order valence-corrected chi connectivity index (χ0v) is 11.7. The average molecular weight is 270 g/mol. The maximum absolute atomic E-state index is 5.80. The molecule has 0 heterocycles. The summed E-state index contributed by atoms with van der Waals surface area (Å²) in [7, 11) is 0. The second kappa shape index (κ2) is 7.11. The predicted octanol–water partition coefficient (Wildman–Crippen LogP) is 2.42. The van der Waals surface area contributed by atoms with Crippen LogP contribution >= 0.6 is 11.6 Å². The number of halogens is 1. The van der Waals surface area contributed by atoms with Crippen LogP contribution in [-0.4, -0.2) is 24.7 Å². The molecule has 0 aliphatic heterocycles. The van der Waals surface area contributed by atoms with E-state index in [1.807, 2.05) is 32.9 Å². The first kappa shape index (κ1) is 14.6. The van der Waals surface area contributed by atoms with Crippen molar-refractivity contribution in [2.45, 2.75) is 32.9 Å². The Morgan fingerprint density at radius 2 is 1.94 bits per heavy atom. The highest BCUT2D eigenvalue weighted by molar-refractivity contribution is 6.30. The lowest BCUT2D eigenvalue weighted by Crippen LogP contribution is -2.37. The maximum Gasteiger partial charge on any atom is 0.188 e. The number of benzene rings is 1. The van der Waals surface area contributed by atoms with E-state index in [0.29, 0.717) is 17.5 Å². The zero-order valence-electron chi connectivity index (χ0n) is 11.0. The van der Waals surface area contributed by atoms with Gasteiger partial charge in [-0.3, -0.25) is 0 Å². The molecule has 1 rings (SSSR count). The van der Waals surface area contributed by atoms with Gasteiger partial charge in [-0.25, -0.2) is 4.99 Å². The average Bonchev–Trinajstić information content (AvgIpc) is 2.29. The van der Waals surface area contributed by atoms with Crippen molar-refractivity contribution in [3.63, 3.8) is 0 Å². The van der Waals surface area contributed by atoms with Crippen LogP contribution in [0.3, 0.4) is 0 Å². The number of aliphatic imine (C=N–C) groups is 1. The molecule has 0 saturated carbocycles. The van der Waals surface area contributed by atoms with Crippen LogP contribution in [0.25, 0.3) is 0 Å². The highest BCUT2D eigenvalue weighted by Crippen LogP contribution is 2.16. The molecule has 1 aromatic carbocycles. The van der Waals surface area contributed by atoms with Gasteiger partial charge >= 0.3 is 0 Å². The van der Waals surface area contributed by atoms with Gasteiger partial charge in [0, 0.05) is 11.1 Å². The normalized spacial score (nSPS) is 13.5. The molecular weight excluding hydrogens is 250 g/mol. The molecule has 4 nitrogen and oxygen atoms in total. The molecule has 3 N–H and O–H groups in total. The number of ether oxygens (including phenoxy) is 1. The van der Waals surface area contributed by atoms with Gasteiger partial charge in [0.1, 0.15) is 11.9 Å². The van der Waals surface area contributed by atoms with Crippen LogP contribution in [0.2, 0.25) is 5.02 Å². The summed E-state index contributed by atoms with van der Waals surface area (Å²) in [4.78, 5) is 4.21. The molecule has 5 heteroatoms. The molecule has 0 aliphatic carbocycles. The Balaban J connectivity index is 2.42. The van der Waals surface area contributed by atoms with Gasteiger partial charge < -0.3 is 15.8 Å². The van der Waals surface area contributed by atoms with Crippen molar-refractivity contribution in [3.05, 3.63) is 29.3 Å². The largest absolute Gasteiger partial charge is 0.489 e. The van der Waals surface area contributed by atoms with Crippen LogP contribution in [0, 0.1) is 0 Å². The van der Waals surface area contributed by atoms with Crippen molar-refractivity contribution < 1.29 is 4.74 Å². The SMILES string of the molecule is CC(C)NC(N)=NCC(C)Oc1ccc(Cl)cc1. The molecule has 0 fully saturated rings. The second-order valence-corrected chi connectivity index (χ2v) is 4.84. The molecule has 0 bridgehead atoms. The number of guanidine groups is 1. The van der Waals surface area contributed by atoms with E-state index in [4.69, 9.17) is 22.1 Å². The first-order valence-electron chi connectivity index (χ1n) is 5.96. The summed E-state index contributed by atoms with van der Waals surface area (Å²) in [5, 5.41) is 3.72. The minimum atomic E-state index is -0.0429. The summed E-state index contributed by atoms with van der Waals surface area (Å²) < 4.78 is 5.68. The fourth-order valence-electron chi connectivity index (χ4n) is 1.35. The van der Waals surface area contributed by atoms with Gasteiger partial charge in [0.2, 0.25) is 0 Å². The van der Waals surface area contributed by atoms with Gasteiger partial charge in [0.25, 0.3) is 0 Å². The molecule has 100 valence electrons. The quantitative estimate of drug-likeness (QED) is 0.638. The third-order valence-electron chi connectivity index (χ3n) is 2.11. The molecule has 0 amide bonds. The van der Waals surface area contributed by atoms with E-state index in [0.717, 1.165) is 5.75 Å². The number of hydrogen-bond donors (Lipinski definition) is 2. The van der Waals surface area contributed by atoms with Crippen molar-refractivity contribution in [1.82, 2.24) is 5.32 Å². The Hall–Kier alpha value is -1.42. The summed E-state index contributed by atoms with van der Waals surface area (Å²) >= 11 is 5.80. The zero-order chi connectivity index (χ0) is 13.5. The van der Waals surface area contributed by atoms with Crippen LogP contribution < -0.4 is 15.8 Å². The monoisotopic (exact) mass is 269 g/mol. The molecule has 0 radical (unpaired) electrons. The van der Waals surface area contributed by atoms with E-state index < -0.39 is 0 Å². The van der Waals surface area contributed by atoms with Crippen molar-refractivity contribution in [3.8, 4) is 5.75 Å². The molecule has 1 aromatic rings. The molecule has 0 saturated heterocycles. The fraction of sp³-hybridized carbons (Fsp3) is 0.462. The van der Waals surface area contributed by atoms with Crippen LogP contribution in [0.4, 0.5) is 0 Å². The standard InChI is InChI=1S/C13H20ClN3O/c1-9(2)17-13(15)16-8-10(3)18-12-6-4-11(14)5-7-12/h4-7,9-10H,8H2,1-3H3,(H3,15,16,17). The van der Waals surface area contributed by atoms with E-state index in [1.165, 1.54) is 0 Å². The summed E-state index contributed by atoms with van der Waals surface area (Å²) in [5.74, 6) is 1.22. The Morgan fingerprint density at radius 1 is 1.33 bits per heavy atom. The summed E-state index contributed by atoms with van der Waals surface area (Å²) in [6.45, 7) is 6.47. The minimum Gasteiger partial charge on any atom is -0.489 e. The van der Waals surface area contributed by atoms with E-state index in [1.54, 1.807) is 12.1 Å². The van der Waals surface area contributed by atoms with E-state index in [9.17, 15) is 0 Å². The molecular formula is C13H20ClN3O. The van der Waals surface area contributed by atoms with Gasteiger partial charge in [-0.15, -0.1) is 0 Å². The lowest BCUT2D eigenvalue weighted by molar-refractivity contribution is 0.230. The van der Waals surface area contributed by atoms with Crippen molar-refractivity contribution >= 4 is 17.6 Å². The third kappa shape index (κ3) is 5.77. The lowest BCUT2D eigenvalue weighted by Gasteiger charge is -2.14. The van der Waals surface area contributed by atoms with E-state index >= 15 is 0 Å². The molecule has 0 spiro atoms. The van der Waals surface area contributed by atoms with E-state index in [-0.39, 0.29) is 12.1 Å². The second-order valence-electron chi connectivity index (χ2n) is 4.41. The number of nitrogens with one attached hydrogen (secondary N) is 1. The first-order valence-corrected chi connectivity index (χ1v) is 6.34. The van der Waals surface area contributed by atoms with Gasteiger partial charge in [-0.05, 0) is 45.0 Å². The number of nitrogens with two attached hydrogens (primary N) is 1. The molecule has 1 unspecified atom stereocenters. The minimum absolute atomic E-state index is 0.0429. The maximum atomic E-state index is 5.80. The third-order valence-corrected chi connectivity index (χ3v) is 2.36.